The molecule has 0 aromatic rings. The molecule has 0 unspecified atom stereocenters. The van der Waals surface area contributed by atoms with Gasteiger partial charge < -0.3 is 26.6 Å². The molecule has 0 bridgehead atoms. The zero-order valence-corrected chi connectivity index (χ0v) is 21.5. The fourth-order valence-corrected chi connectivity index (χ4v) is 4.23. The molecule has 6 N–H and O–H groups in total. The Morgan fingerprint density at radius 3 is 1.53 bits per heavy atom. The molecule has 0 aromatic carbocycles. The third-order valence-electron chi connectivity index (χ3n) is 6.37. The first-order valence-corrected chi connectivity index (χ1v) is 13.5. The molecule has 0 heterocycles. The number of carbonyl (C=O) groups excluding carboxylic acids is 2. The Kier molecular flexibility index (Phi) is 20.8. The van der Waals surface area contributed by atoms with Gasteiger partial charge in [-0.1, -0.05) is 103 Å². The minimum Gasteiger partial charge on any atom is -0.480 e. The Morgan fingerprint density at radius 1 is 0.765 bits per heavy atom. The van der Waals surface area contributed by atoms with Crippen molar-refractivity contribution >= 4 is 17.8 Å². The van der Waals surface area contributed by atoms with E-state index in [4.69, 9.17) is 11.5 Å². The number of rotatable bonds is 24. The van der Waals surface area contributed by atoms with E-state index < -0.39 is 36.5 Å². The van der Waals surface area contributed by atoms with Gasteiger partial charge >= 0.3 is 5.97 Å². The summed E-state index contributed by atoms with van der Waals surface area (Å²) in [6, 6.07) is -2.34. The Hall–Kier alpha value is -1.67. The topological polar surface area (TPSA) is 147 Å². The predicted molar refractivity (Wildman–Crippen MR) is 136 cm³/mol. The van der Waals surface area contributed by atoms with Crippen LogP contribution in [0.2, 0.25) is 0 Å². The van der Waals surface area contributed by atoms with Crippen molar-refractivity contribution < 1.29 is 24.6 Å². The molecule has 2 amide bonds. The predicted octanol–water partition coefficient (Wildman–Crippen LogP) is 4.11. The maximum atomic E-state index is 12.5. The first-order valence-electron chi connectivity index (χ1n) is 13.5. The van der Waals surface area contributed by atoms with E-state index in [0.29, 0.717) is 6.42 Å². The summed E-state index contributed by atoms with van der Waals surface area (Å²) in [5.41, 5.74) is 10.8. The van der Waals surface area contributed by atoms with Crippen LogP contribution in [-0.2, 0) is 14.4 Å². The molecule has 0 saturated heterocycles. The van der Waals surface area contributed by atoms with Crippen molar-refractivity contribution in [3.63, 3.8) is 0 Å². The lowest BCUT2D eigenvalue weighted by Crippen LogP contribution is -2.53. The van der Waals surface area contributed by atoms with Gasteiger partial charge in [0.1, 0.15) is 12.1 Å². The number of aliphatic hydroxyl groups excluding tert-OH is 1. The number of aliphatic carboxylic acids is 1. The second-order valence-corrected chi connectivity index (χ2v) is 9.48. The van der Waals surface area contributed by atoms with Gasteiger partial charge in [-0.05, 0) is 12.8 Å². The average molecular weight is 486 g/mol. The van der Waals surface area contributed by atoms with Crippen molar-refractivity contribution in [1.82, 2.24) is 4.90 Å². The summed E-state index contributed by atoms with van der Waals surface area (Å²) < 4.78 is 0. The number of unbranched alkanes of at least 4 members (excludes halogenated alkanes) is 15. The number of nitrogens with zero attached hydrogens (tertiary/aromatic N) is 1. The number of hydrogen-bond acceptors (Lipinski definition) is 5. The van der Waals surface area contributed by atoms with E-state index in [1.54, 1.807) is 0 Å². The van der Waals surface area contributed by atoms with E-state index in [1.165, 1.54) is 81.9 Å². The molecule has 8 heteroatoms. The monoisotopic (exact) mass is 485 g/mol. The van der Waals surface area contributed by atoms with E-state index in [0.717, 1.165) is 19.3 Å². The van der Waals surface area contributed by atoms with Gasteiger partial charge in [-0.15, -0.1) is 0 Å². The molecular weight excluding hydrogens is 434 g/mol. The van der Waals surface area contributed by atoms with Gasteiger partial charge in [-0.3, -0.25) is 9.59 Å². The minimum atomic E-state index is -1.20. The van der Waals surface area contributed by atoms with Crippen LogP contribution < -0.4 is 11.5 Å². The lowest BCUT2D eigenvalue weighted by Gasteiger charge is -2.30. The molecule has 0 radical (unpaired) electrons. The summed E-state index contributed by atoms with van der Waals surface area (Å²) in [5, 5.41) is 18.8. The van der Waals surface area contributed by atoms with Gasteiger partial charge in [0.15, 0.2) is 0 Å². The summed E-state index contributed by atoms with van der Waals surface area (Å²) in [6.07, 6.45) is 19.5. The largest absolute Gasteiger partial charge is 0.480 e. The van der Waals surface area contributed by atoms with Crippen LogP contribution in [0.25, 0.3) is 0 Å². The number of hydrogen-bond donors (Lipinski definition) is 4. The van der Waals surface area contributed by atoms with E-state index in [-0.39, 0.29) is 19.4 Å². The number of primary amides is 1. The number of carboxylic acid groups (broad SMARTS) is 1. The minimum absolute atomic E-state index is 0.0621. The molecule has 0 aromatic heterocycles. The Balaban J connectivity index is 4.05. The standard InChI is InChI=1S/C26H51N3O5/c1-2-3-4-5-6-7-8-9-10-11-12-13-14-15-16-17-20-29(25(32)22(27)21-30)23(26(33)34)18-19-24(28)31/h22-23,30H,2-21,27H2,1H3,(H2,28,31)(H,33,34)/t22-,23+/m1/s1. The fraction of sp³-hybridized carbons (Fsp3) is 0.885. The fourth-order valence-electron chi connectivity index (χ4n) is 4.23. The molecule has 0 spiro atoms. The molecular formula is C26H51N3O5. The number of carbonyl (C=O) groups is 3. The first kappa shape index (κ1) is 32.3. The number of carboxylic acids is 1. The summed E-state index contributed by atoms with van der Waals surface area (Å²) in [6.45, 7) is 1.93. The highest BCUT2D eigenvalue weighted by Gasteiger charge is 2.32. The molecule has 0 aliphatic heterocycles. The van der Waals surface area contributed by atoms with Crippen LogP contribution in [0, 0.1) is 0 Å². The van der Waals surface area contributed by atoms with Crippen LogP contribution in [0.5, 0.6) is 0 Å². The summed E-state index contributed by atoms with van der Waals surface area (Å²) in [5.74, 6) is -2.43. The van der Waals surface area contributed by atoms with E-state index in [2.05, 4.69) is 6.92 Å². The van der Waals surface area contributed by atoms with Crippen LogP contribution in [0.3, 0.4) is 0 Å². The Bertz CT molecular complexity index is 545. The van der Waals surface area contributed by atoms with Crippen molar-refractivity contribution in [2.45, 2.75) is 135 Å². The maximum absolute atomic E-state index is 12.5. The Labute approximate surface area is 206 Å². The lowest BCUT2D eigenvalue weighted by atomic mass is 10.0. The van der Waals surface area contributed by atoms with Crippen LogP contribution in [-0.4, -0.2) is 58.1 Å². The quantitative estimate of drug-likeness (QED) is 0.151. The van der Waals surface area contributed by atoms with Crippen LogP contribution in [0.15, 0.2) is 0 Å². The molecule has 200 valence electrons. The lowest BCUT2D eigenvalue weighted by molar-refractivity contribution is -0.151. The van der Waals surface area contributed by atoms with Crippen LogP contribution >= 0.6 is 0 Å². The van der Waals surface area contributed by atoms with E-state index in [9.17, 15) is 24.6 Å². The molecule has 0 saturated carbocycles. The summed E-state index contributed by atoms with van der Waals surface area (Å²) in [7, 11) is 0. The van der Waals surface area contributed by atoms with E-state index in [1.807, 2.05) is 0 Å². The molecule has 0 aliphatic rings. The van der Waals surface area contributed by atoms with Gasteiger partial charge in [0.2, 0.25) is 11.8 Å². The molecule has 0 aliphatic carbocycles. The van der Waals surface area contributed by atoms with E-state index >= 15 is 0 Å². The third kappa shape index (κ3) is 16.9. The molecule has 34 heavy (non-hydrogen) atoms. The second-order valence-electron chi connectivity index (χ2n) is 9.48. The average Bonchev–Trinajstić information content (AvgIpc) is 2.81. The number of amides is 2. The van der Waals surface area contributed by atoms with Crippen molar-refractivity contribution in [1.29, 1.82) is 0 Å². The SMILES string of the molecule is CCCCCCCCCCCCCCCCCCN(C(=O)[C@H](N)CO)[C@@H](CCC(N)=O)C(=O)O. The normalized spacial score (nSPS) is 12.9. The third-order valence-corrected chi connectivity index (χ3v) is 6.37. The van der Waals surface area contributed by atoms with Gasteiger partial charge in [-0.2, -0.15) is 0 Å². The first-order chi connectivity index (χ1) is 16.3. The number of nitrogens with two attached hydrogens (primary N) is 2. The van der Waals surface area contributed by atoms with Gasteiger partial charge in [0.05, 0.1) is 6.61 Å². The zero-order chi connectivity index (χ0) is 25.6. The zero-order valence-electron chi connectivity index (χ0n) is 21.5. The van der Waals surface area contributed by atoms with Crippen molar-refractivity contribution in [2.24, 2.45) is 11.5 Å². The van der Waals surface area contributed by atoms with Crippen molar-refractivity contribution in [3.05, 3.63) is 0 Å². The highest BCUT2D eigenvalue weighted by Crippen LogP contribution is 2.15. The van der Waals surface area contributed by atoms with Crippen LogP contribution in [0.1, 0.15) is 122 Å². The van der Waals surface area contributed by atoms with Crippen molar-refractivity contribution in [3.8, 4) is 0 Å². The maximum Gasteiger partial charge on any atom is 0.326 e. The highest BCUT2D eigenvalue weighted by molar-refractivity contribution is 5.87. The van der Waals surface area contributed by atoms with Crippen molar-refractivity contribution in [2.75, 3.05) is 13.2 Å². The Morgan fingerprint density at radius 2 is 1.18 bits per heavy atom. The molecule has 8 nitrogen and oxygen atoms in total. The van der Waals surface area contributed by atoms with Crippen LogP contribution in [0.4, 0.5) is 0 Å². The molecule has 2 atom stereocenters. The molecule has 0 rings (SSSR count). The molecule has 0 fully saturated rings. The summed E-state index contributed by atoms with van der Waals surface area (Å²) in [4.78, 5) is 36.5. The smallest absolute Gasteiger partial charge is 0.326 e. The van der Waals surface area contributed by atoms with Gasteiger partial charge in [-0.25, -0.2) is 4.79 Å². The van der Waals surface area contributed by atoms with Gasteiger partial charge in [0, 0.05) is 13.0 Å². The highest BCUT2D eigenvalue weighted by atomic mass is 16.4. The summed E-state index contributed by atoms with van der Waals surface area (Å²) >= 11 is 0. The number of aliphatic hydroxyl groups is 1. The second kappa shape index (κ2) is 21.8. The van der Waals surface area contributed by atoms with Gasteiger partial charge in [0.25, 0.3) is 0 Å².